The quantitative estimate of drug-likeness (QED) is 0.880. The van der Waals surface area contributed by atoms with Crippen molar-refractivity contribution in [2.24, 2.45) is 0 Å². The Balaban J connectivity index is 1.68. The van der Waals surface area contributed by atoms with Crippen LogP contribution in [0, 0.1) is 0 Å². The minimum atomic E-state index is -0.639. The molecule has 0 fully saturated rings. The molecule has 0 saturated carbocycles. The van der Waals surface area contributed by atoms with Crippen LogP contribution >= 0.6 is 0 Å². The van der Waals surface area contributed by atoms with Crippen molar-refractivity contribution in [3.63, 3.8) is 0 Å². The summed E-state index contributed by atoms with van der Waals surface area (Å²) in [6.45, 7) is -0.000580. The number of ether oxygens (including phenoxy) is 1. The third-order valence-electron chi connectivity index (χ3n) is 2.55. The lowest BCUT2D eigenvalue weighted by Crippen LogP contribution is -2.33. The highest BCUT2D eigenvalue weighted by Gasteiger charge is 2.06. The maximum Gasteiger partial charge on any atom is 0.407 e. The molecule has 0 aliphatic rings. The summed E-state index contributed by atoms with van der Waals surface area (Å²) >= 11 is 0. The molecular formula is C15H15N3O3. The summed E-state index contributed by atoms with van der Waals surface area (Å²) in [5.74, 6) is -0.348. The van der Waals surface area contributed by atoms with E-state index >= 15 is 0 Å². The number of benzene rings is 1. The molecule has 108 valence electrons. The van der Waals surface area contributed by atoms with Gasteiger partial charge < -0.3 is 15.4 Å². The smallest absolute Gasteiger partial charge is 0.407 e. The number of nitrogens with zero attached hydrogens (tertiary/aromatic N) is 1. The van der Waals surface area contributed by atoms with Crippen LogP contribution in [0.15, 0.2) is 54.9 Å². The van der Waals surface area contributed by atoms with Gasteiger partial charge >= 0.3 is 6.09 Å². The van der Waals surface area contributed by atoms with Gasteiger partial charge in [0.15, 0.2) is 0 Å². The van der Waals surface area contributed by atoms with E-state index in [-0.39, 0.29) is 19.1 Å². The number of amides is 2. The molecule has 21 heavy (non-hydrogen) atoms. The second kappa shape index (κ2) is 7.64. The molecule has 2 rings (SSSR count). The van der Waals surface area contributed by atoms with Gasteiger partial charge in [-0.2, -0.15) is 0 Å². The van der Waals surface area contributed by atoms with Crippen LogP contribution in [0.4, 0.5) is 10.5 Å². The Labute approximate surface area is 122 Å². The van der Waals surface area contributed by atoms with Gasteiger partial charge in [0, 0.05) is 6.20 Å². The second-order valence-electron chi connectivity index (χ2n) is 4.21. The van der Waals surface area contributed by atoms with Crippen molar-refractivity contribution in [2.45, 2.75) is 6.61 Å². The molecule has 0 spiro atoms. The normalized spacial score (nSPS) is 9.71. The number of nitrogens with one attached hydrogen (secondary N) is 2. The van der Waals surface area contributed by atoms with Crippen molar-refractivity contribution in [1.29, 1.82) is 0 Å². The lowest BCUT2D eigenvalue weighted by molar-refractivity contribution is -0.115. The van der Waals surface area contributed by atoms with Crippen LogP contribution in [0.1, 0.15) is 5.56 Å². The molecule has 2 aromatic rings. The highest BCUT2D eigenvalue weighted by atomic mass is 16.5. The first kappa shape index (κ1) is 14.5. The fourth-order valence-electron chi connectivity index (χ4n) is 1.57. The van der Waals surface area contributed by atoms with Crippen molar-refractivity contribution in [2.75, 3.05) is 11.9 Å². The number of anilines is 1. The van der Waals surface area contributed by atoms with E-state index in [0.717, 1.165) is 5.56 Å². The summed E-state index contributed by atoms with van der Waals surface area (Å²) in [4.78, 5) is 26.9. The summed E-state index contributed by atoms with van der Waals surface area (Å²) in [5, 5.41) is 4.98. The van der Waals surface area contributed by atoms with Gasteiger partial charge in [-0.15, -0.1) is 0 Å². The molecule has 0 radical (unpaired) electrons. The average molecular weight is 285 g/mol. The van der Waals surface area contributed by atoms with Gasteiger partial charge in [-0.05, 0) is 17.7 Å². The molecule has 0 aliphatic carbocycles. The van der Waals surface area contributed by atoms with Gasteiger partial charge in [0.25, 0.3) is 0 Å². The van der Waals surface area contributed by atoms with E-state index in [0.29, 0.717) is 5.69 Å². The Hall–Kier alpha value is -2.89. The van der Waals surface area contributed by atoms with Gasteiger partial charge in [0.2, 0.25) is 5.91 Å². The molecule has 6 nitrogen and oxygen atoms in total. The Morgan fingerprint density at radius 2 is 1.90 bits per heavy atom. The second-order valence-corrected chi connectivity index (χ2v) is 4.21. The van der Waals surface area contributed by atoms with E-state index in [1.165, 1.54) is 6.20 Å². The van der Waals surface area contributed by atoms with Crippen LogP contribution in [0.5, 0.6) is 0 Å². The third kappa shape index (κ3) is 5.32. The predicted molar refractivity (Wildman–Crippen MR) is 77.5 cm³/mol. The van der Waals surface area contributed by atoms with E-state index in [2.05, 4.69) is 15.6 Å². The van der Waals surface area contributed by atoms with Crippen molar-refractivity contribution in [1.82, 2.24) is 10.3 Å². The molecule has 2 N–H and O–H groups in total. The van der Waals surface area contributed by atoms with Gasteiger partial charge in [0.05, 0.1) is 11.9 Å². The zero-order chi connectivity index (χ0) is 14.9. The molecule has 0 unspecified atom stereocenters. The first-order chi connectivity index (χ1) is 10.2. The molecule has 1 aromatic carbocycles. The zero-order valence-electron chi connectivity index (χ0n) is 11.3. The van der Waals surface area contributed by atoms with E-state index < -0.39 is 6.09 Å². The number of rotatable bonds is 5. The monoisotopic (exact) mass is 285 g/mol. The molecule has 1 aromatic heterocycles. The van der Waals surface area contributed by atoms with Gasteiger partial charge in [-0.25, -0.2) is 4.79 Å². The molecular weight excluding hydrogens is 270 g/mol. The van der Waals surface area contributed by atoms with Gasteiger partial charge in [0.1, 0.15) is 13.2 Å². The van der Waals surface area contributed by atoms with Crippen molar-refractivity contribution in [3.8, 4) is 0 Å². The van der Waals surface area contributed by atoms with E-state index in [1.54, 1.807) is 18.3 Å². The van der Waals surface area contributed by atoms with E-state index in [4.69, 9.17) is 4.74 Å². The number of carbonyl (C=O) groups excluding carboxylic acids is 2. The lowest BCUT2D eigenvalue weighted by atomic mass is 10.2. The number of pyridine rings is 1. The maximum absolute atomic E-state index is 11.6. The summed E-state index contributed by atoms with van der Waals surface area (Å²) < 4.78 is 4.99. The van der Waals surface area contributed by atoms with Crippen LogP contribution in [0.25, 0.3) is 0 Å². The fourth-order valence-corrected chi connectivity index (χ4v) is 1.57. The van der Waals surface area contributed by atoms with Crippen molar-refractivity contribution in [3.05, 3.63) is 60.4 Å². The summed E-state index contributed by atoms with van der Waals surface area (Å²) in [7, 11) is 0. The van der Waals surface area contributed by atoms with Crippen LogP contribution in [0.3, 0.4) is 0 Å². The van der Waals surface area contributed by atoms with Crippen LogP contribution in [0.2, 0.25) is 0 Å². The van der Waals surface area contributed by atoms with Crippen molar-refractivity contribution >= 4 is 17.7 Å². The number of carbonyl (C=O) groups is 2. The van der Waals surface area contributed by atoms with Crippen molar-refractivity contribution < 1.29 is 14.3 Å². The predicted octanol–water partition coefficient (Wildman–Crippen LogP) is 1.95. The van der Waals surface area contributed by atoms with Crippen LogP contribution in [-0.2, 0) is 16.1 Å². The number of aromatic nitrogens is 1. The first-order valence-corrected chi connectivity index (χ1v) is 6.38. The first-order valence-electron chi connectivity index (χ1n) is 6.38. The largest absolute Gasteiger partial charge is 0.445 e. The van der Waals surface area contributed by atoms with Gasteiger partial charge in [-0.1, -0.05) is 30.3 Å². The minimum Gasteiger partial charge on any atom is -0.445 e. The van der Waals surface area contributed by atoms with Gasteiger partial charge in [-0.3, -0.25) is 9.78 Å². The summed E-state index contributed by atoms with van der Waals surface area (Å²) in [5.41, 5.74) is 1.45. The Morgan fingerprint density at radius 3 is 2.62 bits per heavy atom. The molecule has 0 saturated heterocycles. The van der Waals surface area contributed by atoms with E-state index in [9.17, 15) is 9.59 Å². The average Bonchev–Trinajstić information content (AvgIpc) is 2.53. The molecule has 6 heteroatoms. The number of alkyl carbamates (subject to hydrolysis) is 1. The molecule has 0 atom stereocenters. The molecule has 1 heterocycles. The van der Waals surface area contributed by atoms with Crippen LogP contribution < -0.4 is 10.6 Å². The highest BCUT2D eigenvalue weighted by Crippen LogP contribution is 2.02. The highest BCUT2D eigenvalue weighted by molar-refractivity contribution is 5.93. The summed E-state index contributed by atoms with van der Waals surface area (Å²) in [6, 6.07) is 12.7. The topological polar surface area (TPSA) is 80.3 Å². The Bertz CT molecular complexity index is 588. The Morgan fingerprint density at radius 1 is 1.10 bits per heavy atom. The lowest BCUT2D eigenvalue weighted by Gasteiger charge is -2.07. The fraction of sp³-hybridized carbons (Fsp3) is 0.133. The standard InChI is InChI=1S/C15H15N3O3/c19-14(18-13-7-4-8-16-9-13)10-17-15(20)21-11-12-5-2-1-3-6-12/h1-9H,10-11H2,(H,17,20)(H,18,19). The third-order valence-corrected chi connectivity index (χ3v) is 2.55. The molecule has 0 aliphatic heterocycles. The minimum absolute atomic E-state index is 0.164. The van der Waals surface area contributed by atoms with E-state index in [1.807, 2.05) is 30.3 Å². The SMILES string of the molecule is O=C(CNC(=O)OCc1ccccc1)Nc1cccnc1. The summed E-state index contributed by atoms with van der Waals surface area (Å²) in [6.07, 6.45) is 2.49. The maximum atomic E-state index is 11.6. The molecule has 2 amide bonds. The molecule has 0 bridgehead atoms. The zero-order valence-corrected chi connectivity index (χ0v) is 11.3. The van der Waals surface area contributed by atoms with Crippen LogP contribution in [-0.4, -0.2) is 23.5 Å². The number of hydrogen-bond donors (Lipinski definition) is 2. The Kier molecular flexibility index (Phi) is 5.28. The number of hydrogen-bond acceptors (Lipinski definition) is 4.